The summed E-state index contributed by atoms with van der Waals surface area (Å²) in [6, 6.07) is 7.89. The van der Waals surface area contributed by atoms with Crippen molar-refractivity contribution in [3.05, 3.63) is 52.4 Å². The van der Waals surface area contributed by atoms with Crippen LogP contribution in [0.25, 0.3) is 11.1 Å². The standard InChI is InChI=1S/C22H24N2O4S/c1-3-13-8-10-14(11-9-13)17-12(2)29-21(18(17)19(23)25)24-20(26)15-6-4-5-7-16(15)22(27)28/h4-5,8-11,15-16H,3,6-7H2,1-2H3,(H2,23,25)(H,24,26)(H,27,28)/t15-,16+/m1/s1. The van der Waals surface area contributed by atoms with E-state index in [1.54, 1.807) is 6.08 Å². The molecule has 0 unspecified atom stereocenters. The van der Waals surface area contributed by atoms with Gasteiger partial charge in [0.15, 0.2) is 0 Å². The zero-order valence-corrected chi connectivity index (χ0v) is 17.2. The summed E-state index contributed by atoms with van der Waals surface area (Å²) in [6.45, 7) is 3.94. The molecule has 1 aliphatic carbocycles. The van der Waals surface area contributed by atoms with Crippen LogP contribution in [0, 0.1) is 18.8 Å². The molecule has 1 aliphatic rings. The maximum absolute atomic E-state index is 12.8. The van der Waals surface area contributed by atoms with E-state index in [0.717, 1.165) is 16.9 Å². The number of rotatable bonds is 6. The van der Waals surface area contributed by atoms with E-state index in [2.05, 4.69) is 12.2 Å². The van der Waals surface area contributed by atoms with Crippen molar-refractivity contribution in [2.45, 2.75) is 33.1 Å². The lowest BCUT2D eigenvalue weighted by atomic mass is 9.82. The van der Waals surface area contributed by atoms with Crippen molar-refractivity contribution in [1.29, 1.82) is 0 Å². The topological polar surface area (TPSA) is 109 Å². The number of primary amides is 1. The second-order valence-corrected chi connectivity index (χ2v) is 8.36. The highest BCUT2D eigenvalue weighted by Gasteiger charge is 2.35. The number of hydrogen-bond donors (Lipinski definition) is 3. The molecule has 1 aromatic heterocycles. The molecule has 0 aliphatic heterocycles. The van der Waals surface area contributed by atoms with E-state index < -0.39 is 29.6 Å². The van der Waals surface area contributed by atoms with Gasteiger partial charge < -0.3 is 16.2 Å². The van der Waals surface area contributed by atoms with Gasteiger partial charge in [-0.3, -0.25) is 14.4 Å². The molecule has 0 saturated carbocycles. The van der Waals surface area contributed by atoms with Crippen molar-refractivity contribution in [1.82, 2.24) is 0 Å². The average molecular weight is 413 g/mol. The normalized spacial score (nSPS) is 18.4. The monoisotopic (exact) mass is 412 g/mol. The van der Waals surface area contributed by atoms with Gasteiger partial charge in [0.2, 0.25) is 5.91 Å². The molecular weight excluding hydrogens is 388 g/mol. The zero-order chi connectivity index (χ0) is 21.1. The number of allylic oxidation sites excluding steroid dienone is 2. The van der Waals surface area contributed by atoms with E-state index >= 15 is 0 Å². The minimum absolute atomic E-state index is 0.267. The fourth-order valence-electron chi connectivity index (χ4n) is 3.70. The van der Waals surface area contributed by atoms with Gasteiger partial charge in [-0.1, -0.05) is 43.3 Å². The van der Waals surface area contributed by atoms with Gasteiger partial charge in [-0.05, 0) is 37.3 Å². The molecule has 7 heteroatoms. The van der Waals surface area contributed by atoms with Crippen molar-refractivity contribution in [2.75, 3.05) is 5.32 Å². The Kier molecular flexibility index (Phi) is 6.17. The second kappa shape index (κ2) is 8.61. The summed E-state index contributed by atoms with van der Waals surface area (Å²) >= 11 is 1.28. The molecule has 2 amide bonds. The van der Waals surface area contributed by atoms with Gasteiger partial charge in [0.1, 0.15) is 5.00 Å². The van der Waals surface area contributed by atoms with Crippen molar-refractivity contribution >= 4 is 34.1 Å². The van der Waals surface area contributed by atoms with Crippen LogP contribution in [-0.4, -0.2) is 22.9 Å². The van der Waals surface area contributed by atoms with Crippen LogP contribution < -0.4 is 11.1 Å². The molecule has 6 nitrogen and oxygen atoms in total. The smallest absolute Gasteiger partial charge is 0.307 e. The molecule has 0 saturated heterocycles. The molecule has 4 N–H and O–H groups in total. The van der Waals surface area contributed by atoms with Gasteiger partial charge in [-0.15, -0.1) is 11.3 Å². The van der Waals surface area contributed by atoms with Crippen LogP contribution >= 0.6 is 11.3 Å². The van der Waals surface area contributed by atoms with Crippen LogP contribution in [0.2, 0.25) is 0 Å². The van der Waals surface area contributed by atoms with Crippen LogP contribution in [-0.2, 0) is 16.0 Å². The fourth-order valence-corrected chi connectivity index (χ4v) is 4.79. The number of carbonyl (C=O) groups excluding carboxylic acids is 2. The molecule has 0 radical (unpaired) electrons. The number of amides is 2. The van der Waals surface area contributed by atoms with Crippen LogP contribution in [0.5, 0.6) is 0 Å². The minimum atomic E-state index is -0.997. The average Bonchev–Trinajstić information content (AvgIpc) is 3.03. The molecule has 0 bridgehead atoms. The Morgan fingerprint density at radius 1 is 1.14 bits per heavy atom. The van der Waals surface area contributed by atoms with Crippen molar-refractivity contribution in [2.24, 2.45) is 17.6 Å². The molecule has 2 aromatic rings. The number of carboxylic acid groups (broad SMARTS) is 1. The molecule has 29 heavy (non-hydrogen) atoms. The van der Waals surface area contributed by atoms with Crippen LogP contribution in [0.3, 0.4) is 0 Å². The summed E-state index contributed by atoms with van der Waals surface area (Å²) in [7, 11) is 0. The predicted octanol–water partition coefficient (Wildman–Crippen LogP) is 3.99. The number of thiophene rings is 1. The van der Waals surface area contributed by atoms with Gasteiger partial charge in [-0.2, -0.15) is 0 Å². The number of benzene rings is 1. The number of aliphatic carboxylic acids is 1. The third-order valence-corrected chi connectivity index (χ3v) is 6.33. The number of carboxylic acids is 1. The summed E-state index contributed by atoms with van der Waals surface area (Å²) in [4.78, 5) is 37.5. The molecular formula is C22H24N2O4S. The Morgan fingerprint density at radius 2 is 1.76 bits per heavy atom. The maximum atomic E-state index is 12.8. The molecule has 3 rings (SSSR count). The Bertz CT molecular complexity index is 975. The number of hydrogen-bond acceptors (Lipinski definition) is 4. The molecule has 152 valence electrons. The maximum Gasteiger partial charge on any atom is 0.307 e. The first-order valence-corrected chi connectivity index (χ1v) is 10.4. The van der Waals surface area contributed by atoms with Gasteiger partial charge in [-0.25, -0.2) is 0 Å². The Hall–Kier alpha value is -2.93. The summed E-state index contributed by atoms with van der Waals surface area (Å²) in [5, 5.41) is 12.6. The highest BCUT2D eigenvalue weighted by Crippen LogP contribution is 2.40. The SMILES string of the molecule is CCc1ccc(-c2c(C)sc(NC(=O)[C@@H]3CC=CC[C@@H]3C(=O)O)c2C(N)=O)cc1. The van der Waals surface area contributed by atoms with Crippen molar-refractivity contribution in [3.8, 4) is 11.1 Å². The number of aryl methyl sites for hydroxylation is 2. The molecule has 0 spiro atoms. The lowest BCUT2D eigenvalue weighted by Crippen LogP contribution is -2.35. The highest BCUT2D eigenvalue weighted by molar-refractivity contribution is 7.17. The van der Waals surface area contributed by atoms with E-state index in [-0.39, 0.29) is 5.56 Å². The van der Waals surface area contributed by atoms with Crippen LogP contribution in [0.4, 0.5) is 5.00 Å². The number of carbonyl (C=O) groups is 3. The fraction of sp³-hybridized carbons (Fsp3) is 0.318. The van der Waals surface area contributed by atoms with E-state index in [9.17, 15) is 19.5 Å². The first-order chi connectivity index (χ1) is 13.8. The minimum Gasteiger partial charge on any atom is -0.481 e. The third-order valence-electron chi connectivity index (χ3n) is 5.30. The second-order valence-electron chi connectivity index (χ2n) is 7.14. The van der Waals surface area contributed by atoms with Gasteiger partial charge >= 0.3 is 5.97 Å². The number of nitrogens with two attached hydrogens (primary N) is 1. The largest absolute Gasteiger partial charge is 0.481 e. The van der Waals surface area contributed by atoms with Crippen molar-refractivity contribution < 1.29 is 19.5 Å². The predicted molar refractivity (Wildman–Crippen MR) is 114 cm³/mol. The van der Waals surface area contributed by atoms with Gasteiger partial charge in [0, 0.05) is 10.4 Å². The first-order valence-electron chi connectivity index (χ1n) is 9.54. The quantitative estimate of drug-likeness (QED) is 0.623. The summed E-state index contributed by atoms with van der Waals surface area (Å²) in [5.41, 5.74) is 8.67. The molecule has 1 heterocycles. The van der Waals surface area contributed by atoms with Crippen LogP contribution in [0.1, 0.15) is 40.6 Å². The first kappa shape index (κ1) is 20.8. The molecule has 0 fully saturated rings. The lowest BCUT2D eigenvalue weighted by Gasteiger charge is -2.24. The van der Waals surface area contributed by atoms with Gasteiger partial charge in [0.05, 0.1) is 17.4 Å². The van der Waals surface area contributed by atoms with Crippen molar-refractivity contribution in [3.63, 3.8) is 0 Å². The highest BCUT2D eigenvalue weighted by atomic mass is 32.1. The van der Waals surface area contributed by atoms with Gasteiger partial charge in [0.25, 0.3) is 5.91 Å². The van der Waals surface area contributed by atoms with E-state index in [4.69, 9.17) is 5.73 Å². The summed E-state index contributed by atoms with van der Waals surface area (Å²) in [6.07, 6.45) is 5.18. The van der Waals surface area contributed by atoms with E-state index in [1.165, 1.54) is 16.9 Å². The zero-order valence-electron chi connectivity index (χ0n) is 16.4. The van der Waals surface area contributed by atoms with Crippen LogP contribution in [0.15, 0.2) is 36.4 Å². The summed E-state index contributed by atoms with van der Waals surface area (Å²) < 4.78 is 0. The molecule has 2 atom stereocenters. The van der Waals surface area contributed by atoms with E-state index in [0.29, 0.717) is 23.4 Å². The lowest BCUT2D eigenvalue weighted by molar-refractivity contribution is -0.146. The number of anilines is 1. The Labute approximate surface area is 173 Å². The summed E-state index contributed by atoms with van der Waals surface area (Å²) in [5.74, 6) is -3.49. The molecule has 1 aromatic carbocycles. The third kappa shape index (κ3) is 4.24. The Morgan fingerprint density at radius 3 is 2.31 bits per heavy atom. The van der Waals surface area contributed by atoms with E-state index in [1.807, 2.05) is 37.3 Å². The number of nitrogens with one attached hydrogen (secondary N) is 1. The Balaban J connectivity index is 1.95.